The Morgan fingerprint density at radius 3 is 2.68 bits per heavy atom. The van der Waals surface area contributed by atoms with Gasteiger partial charge in [0.2, 0.25) is 0 Å². The zero-order valence-electron chi connectivity index (χ0n) is 19.5. The van der Waals surface area contributed by atoms with Gasteiger partial charge in [0.25, 0.3) is 0 Å². The zero-order chi connectivity index (χ0) is 23.5. The largest absolute Gasteiger partial charge is 0.481 e. The Morgan fingerprint density at radius 1 is 1.12 bits per heavy atom. The average Bonchev–Trinajstić information content (AvgIpc) is 3.65. The second-order valence-corrected chi connectivity index (χ2v) is 9.74. The van der Waals surface area contributed by atoms with Gasteiger partial charge in [-0.25, -0.2) is 4.98 Å². The molecule has 1 saturated carbocycles. The third-order valence-corrected chi connectivity index (χ3v) is 7.22. The molecule has 2 aliphatic rings. The standard InChI is InChI=1S/C28H32N4O2/c1-19(22-10-5-7-20(15-22)16-28(12-13-28)27(33)34)17-31-25(21-8-3-2-4-9-21)24-18-30-23-11-6-14-29-26(23)32-24/h2-11,14-15,19,24-25,30-31H,12-13,16-18H2,1H3,(H,29,32)(H,33,34)/t19-,24-,25-/m1/s1. The van der Waals surface area contributed by atoms with Crippen LogP contribution in [-0.2, 0) is 11.2 Å². The molecule has 6 heteroatoms. The Labute approximate surface area is 200 Å². The van der Waals surface area contributed by atoms with E-state index in [2.05, 4.69) is 76.4 Å². The molecular formula is C28H32N4O2. The van der Waals surface area contributed by atoms with Gasteiger partial charge in [-0.05, 0) is 54.0 Å². The Kier molecular flexibility index (Phi) is 6.24. The number of hydrogen-bond donors (Lipinski definition) is 4. The van der Waals surface area contributed by atoms with Crippen LogP contribution in [0.1, 0.15) is 48.4 Å². The predicted octanol–water partition coefficient (Wildman–Crippen LogP) is 4.83. The third-order valence-electron chi connectivity index (χ3n) is 7.22. The molecule has 0 amide bonds. The van der Waals surface area contributed by atoms with Crippen molar-refractivity contribution in [2.75, 3.05) is 23.7 Å². The lowest BCUT2D eigenvalue weighted by molar-refractivity contribution is -0.143. The highest BCUT2D eigenvalue weighted by Gasteiger charge is 2.49. The average molecular weight is 457 g/mol. The number of benzene rings is 2. The summed E-state index contributed by atoms with van der Waals surface area (Å²) in [5, 5.41) is 20.5. The minimum atomic E-state index is -0.664. The summed E-state index contributed by atoms with van der Waals surface area (Å²) >= 11 is 0. The van der Waals surface area contributed by atoms with Crippen molar-refractivity contribution < 1.29 is 9.90 Å². The summed E-state index contributed by atoms with van der Waals surface area (Å²) in [5.74, 6) is 0.505. The molecule has 3 aromatic rings. The Morgan fingerprint density at radius 2 is 1.91 bits per heavy atom. The van der Waals surface area contributed by atoms with Crippen molar-refractivity contribution in [3.05, 3.63) is 89.6 Å². The van der Waals surface area contributed by atoms with E-state index >= 15 is 0 Å². The number of carboxylic acid groups (broad SMARTS) is 1. The monoisotopic (exact) mass is 456 g/mol. The van der Waals surface area contributed by atoms with Crippen LogP contribution in [0, 0.1) is 5.41 Å². The fourth-order valence-corrected chi connectivity index (χ4v) is 4.90. The summed E-state index contributed by atoms with van der Waals surface area (Å²) < 4.78 is 0. The first-order valence-electron chi connectivity index (χ1n) is 12.1. The van der Waals surface area contributed by atoms with Crippen molar-refractivity contribution in [2.24, 2.45) is 5.41 Å². The van der Waals surface area contributed by atoms with Crippen molar-refractivity contribution in [1.29, 1.82) is 0 Å². The minimum absolute atomic E-state index is 0.108. The van der Waals surface area contributed by atoms with Crippen LogP contribution in [0.25, 0.3) is 0 Å². The molecule has 0 radical (unpaired) electrons. The van der Waals surface area contributed by atoms with E-state index in [9.17, 15) is 9.90 Å². The van der Waals surface area contributed by atoms with Crippen LogP contribution in [0.3, 0.4) is 0 Å². The predicted molar refractivity (Wildman–Crippen MR) is 135 cm³/mol. The number of nitrogens with zero attached hydrogens (tertiary/aromatic N) is 1. The summed E-state index contributed by atoms with van der Waals surface area (Å²) in [6.45, 7) is 3.83. The van der Waals surface area contributed by atoms with Crippen LogP contribution in [0.5, 0.6) is 0 Å². The highest BCUT2D eigenvalue weighted by Crippen LogP contribution is 2.48. The van der Waals surface area contributed by atoms with E-state index in [1.165, 1.54) is 11.1 Å². The van der Waals surface area contributed by atoms with Crippen LogP contribution >= 0.6 is 0 Å². The Balaban J connectivity index is 1.29. The van der Waals surface area contributed by atoms with E-state index in [0.29, 0.717) is 6.42 Å². The summed E-state index contributed by atoms with van der Waals surface area (Å²) in [7, 11) is 0. The lowest BCUT2D eigenvalue weighted by Gasteiger charge is -2.35. The van der Waals surface area contributed by atoms with Crippen LogP contribution in [0.15, 0.2) is 72.9 Å². The molecule has 0 spiro atoms. The lowest BCUT2D eigenvalue weighted by atomic mass is 9.92. The first-order valence-corrected chi connectivity index (χ1v) is 12.1. The van der Waals surface area contributed by atoms with Gasteiger partial charge in [0.1, 0.15) is 5.82 Å². The van der Waals surface area contributed by atoms with E-state index in [1.54, 1.807) is 0 Å². The number of carboxylic acids is 1. The number of aliphatic carboxylic acids is 1. The number of rotatable bonds is 9. The second-order valence-electron chi connectivity index (χ2n) is 9.74. The van der Waals surface area contributed by atoms with Gasteiger partial charge < -0.3 is 21.1 Å². The van der Waals surface area contributed by atoms with E-state index in [4.69, 9.17) is 0 Å². The van der Waals surface area contributed by atoms with Crippen LogP contribution in [0.4, 0.5) is 11.5 Å². The highest BCUT2D eigenvalue weighted by atomic mass is 16.4. The number of nitrogens with one attached hydrogen (secondary N) is 3. The van der Waals surface area contributed by atoms with Gasteiger partial charge in [-0.3, -0.25) is 4.79 Å². The maximum atomic E-state index is 11.6. The zero-order valence-corrected chi connectivity index (χ0v) is 19.5. The molecule has 5 rings (SSSR count). The van der Waals surface area contributed by atoms with Crippen molar-refractivity contribution in [1.82, 2.24) is 10.3 Å². The van der Waals surface area contributed by atoms with Crippen LogP contribution in [0.2, 0.25) is 0 Å². The maximum absolute atomic E-state index is 11.6. The smallest absolute Gasteiger partial charge is 0.309 e. The van der Waals surface area contributed by atoms with Gasteiger partial charge in [0.15, 0.2) is 0 Å². The summed E-state index contributed by atoms with van der Waals surface area (Å²) in [4.78, 5) is 16.1. The molecule has 1 aliphatic carbocycles. The van der Waals surface area contributed by atoms with E-state index in [0.717, 1.165) is 43.0 Å². The highest BCUT2D eigenvalue weighted by molar-refractivity contribution is 5.78. The molecule has 0 unspecified atom stereocenters. The van der Waals surface area contributed by atoms with Gasteiger partial charge in [0, 0.05) is 19.3 Å². The summed E-state index contributed by atoms with van der Waals surface area (Å²) in [5.41, 5.74) is 4.08. The summed E-state index contributed by atoms with van der Waals surface area (Å²) in [6.07, 6.45) is 3.99. The fraction of sp³-hybridized carbons (Fsp3) is 0.357. The molecule has 2 heterocycles. The molecule has 2 aromatic carbocycles. The minimum Gasteiger partial charge on any atom is -0.481 e. The van der Waals surface area contributed by atoms with Crippen molar-refractivity contribution in [2.45, 2.75) is 44.2 Å². The van der Waals surface area contributed by atoms with Crippen molar-refractivity contribution >= 4 is 17.5 Å². The molecule has 176 valence electrons. The number of pyridine rings is 1. The maximum Gasteiger partial charge on any atom is 0.309 e. The van der Waals surface area contributed by atoms with Crippen LogP contribution in [-0.4, -0.2) is 35.2 Å². The van der Waals surface area contributed by atoms with E-state index in [-0.39, 0.29) is 18.0 Å². The first kappa shape index (κ1) is 22.4. The quantitative estimate of drug-likeness (QED) is 0.369. The number of anilines is 2. The van der Waals surface area contributed by atoms with E-state index < -0.39 is 11.4 Å². The first-order chi connectivity index (χ1) is 16.5. The SMILES string of the molecule is C[C@H](CN[C@H](c1ccccc1)[C@H]1CNc2cccnc2N1)c1cccc(CC2(C(=O)O)CC2)c1. The molecule has 4 N–H and O–H groups in total. The molecule has 3 atom stereocenters. The van der Waals surface area contributed by atoms with Gasteiger partial charge in [-0.2, -0.15) is 0 Å². The molecule has 0 saturated heterocycles. The van der Waals surface area contributed by atoms with Crippen molar-refractivity contribution in [3.63, 3.8) is 0 Å². The number of hydrogen-bond acceptors (Lipinski definition) is 5. The van der Waals surface area contributed by atoms with Gasteiger partial charge >= 0.3 is 5.97 Å². The topological polar surface area (TPSA) is 86.3 Å². The Hall–Kier alpha value is -3.38. The molecule has 1 aromatic heterocycles. The molecule has 1 fully saturated rings. The van der Waals surface area contributed by atoms with E-state index in [1.807, 2.05) is 24.4 Å². The normalized spacial score (nSPS) is 19.7. The molecule has 0 bridgehead atoms. The Bertz CT molecular complexity index is 1150. The van der Waals surface area contributed by atoms with Crippen LogP contribution < -0.4 is 16.0 Å². The third kappa shape index (κ3) is 4.77. The molecule has 1 aliphatic heterocycles. The molecule has 34 heavy (non-hydrogen) atoms. The lowest BCUT2D eigenvalue weighted by Crippen LogP contribution is -2.45. The second kappa shape index (κ2) is 9.47. The molecule has 6 nitrogen and oxygen atoms in total. The van der Waals surface area contributed by atoms with Gasteiger partial charge in [-0.15, -0.1) is 0 Å². The number of fused-ring (bicyclic) bond motifs is 1. The van der Waals surface area contributed by atoms with Gasteiger partial charge in [0.05, 0.1) is 23.2 Å². The molecular weight excluding hydrogens is 424 g/mol. The number of carbonyl (C=O) groups is 1. The summed E-state index contributed by atoms with van der Waals surface area (Å²) in [6, 6.07) is 23.2. The fourth-order valence-electron chi connectivity index (χ4n) is 4.90. The van der Waals surface area contributed by atoms with Gasteiger partial charge in [-0.1, -0.05) is 61.5 Å². The number of aromatic nitrogens is 1. The van der Waals surface area contributed by atoms with Crippen molar-refractivity contribution in [3.8, 4) is 0 Å².